The van der Waals surface area contributed by atoms with Gasteiger partial charge in [0.2, 0.25) is 0 Å². The Bertz CT molecular complexity index is 617. The van der Waals surface area contributed by atoms with Crippen molar-refractivity contribution in [3.63, 3.8) is 0 Å². The van der Waals surface area contributed by atoms with Gasteiger partial charge in [0, 0.05) is 23.7 Å². The second-order valence-electron chi connectivity index (χ2n) is 4.49. The Labute approximate surface area is 114 Å². The summed E-state index contributed by atoms with van der Waals surface area (Å²) < 4.78 is 54.2. The van der Waals surface area contributed by atoms with Crippen LogP contribution in [-0.2, 0) is 0 Å². The molecular weight excluding hydrogens is 270 g/mol. The molecule has 0 fully saturated rings. The molecule has 0 bridgehead atoms. The molecule has 0 heterocycles. The van der Waals surface area contributed by atoms with E-state index in [2.05, 4.69) is 5.32 Å². The Balaban J connectivity index is 2.63. The third-order valence-electron chi connectivity index (χ3n) is 3.20. The number of rotatable bonds is 3. The first-order valence-electron chi connectivity index (χ1n) is 6.05. The van der Waals surface area contributed by atoms with Crippen LogP contribution >= 0.6 is 0 Å². The van der Waals surface area contributed by atoms with Crippen LogP contribution in [0.15, 0.2) is 30.3 Å². The molecule has 0 aliphatic carbocycles. The SMILES string of the molecule is CNC(C)c1ccc(F)c(-c2c(F)cc(F)cc2F)c1. The van der Waals surface area contributed by atoms with Crippen LogP contribution in [0.1, 0.15) is 18.5 Å². The summed E-state index contributed by atoms with van der Waals surface area (Å²) in [5.41, 5.74) is -0.110. The molecule has 1 nitrogen and oxygen atoms in total. The van der Waals surface area contributed by atoms with Crippen LogP contribution in [0.4, 0.5) is 17.6 Å². The lowest BCUT2D eigenvalue weighted by Crippen LogP contribution is -2.12. The Kier molecular flexibility index (Phi) is 4.09. The van der Waals surface area contributed by atoms with Crippen LogP contribution in [0, 0.1) is 23.3 Å². The fourth-order valence-corrected chi connectivity index (χ4v) is 1.97. The molecule has 0 saturated heterocycles. The van der Waals surface area contributed by atoms with Gasteiger partial charge in [-0.1, -0.05) is 6.07 Å². The standard InChI is InChI=1S/C15H13F4N/c1-8(20-2)9-3-4-12(17)11(5-9)15-13(18)6-10(16)7-14(15)19/h3-8,20H,1-2H3. The summed E-state index contributed by atoms with van der Waals surface area (Å²) in [7, 11) is 1.72. The molecule has 0 amide bonds. The van der Waals surface area contributed by atoms with Gasteiger partial charge in [0.15, 0.2) is 0 Å². The summed E-state index contributed by atoms with van der Waals surface area (Å²) in [4.78, 5) is 0. The summed E-state index contributed by atoms with van der Waals surface area (Å²) in [6, 6.07) is 4.98. The van der Waals surface area contributed by atoms with Gasteiger partial charge in [-0.05, 0) is 31.7 Å². The van der Waals surface area contributed by atoms with E-state index in [0.717, 1.165) is 6.07 Å². The predicted octanol–water partition coefficient (Wildman–Crippen LogP) is 4.19. The fourth-order valence-electron chi connectivity index (χ4n) is 1.97. The van der Waals surface area contributed by atoms with Crippen LogP contribution in [0.2, 0.25) is 0 Å². The highest BCUT2D eigenvalue weighted by Gasteiger charge is 2.18. The van der Waals surface area contributed by atoms with Gasteiger partial charge in [-0.15, -0.1) is 0 Å². The van der Waals surface area contributed by atoms with E-state index in [1.165, 1.54) is 12.1 Å². The lowest BCUT2D eigenvalue weighted by molar-refractivity contribution is 0.544. The first-order chi connectivity index (χ1) is 9.43. The van der Waals surface area contributed by atoms with E-state index in [4.69, 9.17) is 0 Å². The molecule has 2 aromatic carbocycles. The summed E-state index contributed by atoms with van der Waals surface area (Å²) in [6.07, 6.45) is 0. The van der Waals surface area contributed by atoms with Crippen molar-refractivity contribution in [2.75, 3.05) is 7.05 Å². The highest BCUT2D eigenvalue weighted by molar-refractivity contribution is 5.66. The van der Waals surface area contributed by atoms with Crippen molar-refractivity contribution < 1.29 is 17.6 Å². The van der Waals surface area contributed by atoms with E-state index in [0.29, 0.717) is 17.7 Å². The van der Waals surface area contributed by atoms with Crippen LogP contribution in [-0.4, -0.2) is 7.05 Å². The first kappa shape index (κ1) is 14.5. The zero-order chi connectivity index (χ0) is 14.9. The van der Waals surface area contributed by atoms with Crippen molar-refractivity contribution in [3.05, 3.63) is 59.2 Å². The average molecular weight is 283 g/mol. The molecule has 5 heteroatoms. The van der Waals surface area contributed by atoms with Crippen molar-refractivity contribution in [1.82, 2.24) is 5.32 Å². The van der Waals surface area contributed by atoms with E-state index in [1.807, 2.05) is 6.92 Å². The van der Waals surface area contributed by atoms with Crippen molar-refractivity contribution in [2.24, 2.45) is 0 Å². The fraction of sp³-hybridized carbons (Fsp3) is 0.200. The number of nitrogens with one attached hydrogen (secondary N) is 1. The summed E-state index contributed by atoms with van der Waals surface area (Å²) in [6.45, 7) is 1.83. The second-order valence-corrected chi connectivity index (χ2v) is 4.49. The summed E-state index contributed by atoms with van der Waals surface area (Å²) in [5, 5.41) is 2.95. The highest BCUT2D eigenvalue weighted by atomic mass is 19.1. The molecule has 0 aromatic heterocycles. The van der Waals surface area contributed by atoms with Crippen LogP contribution in [0.5, 0.6) is 0 Å². The maximum atomic E-state index is 13.8. The Morgan fingerprint density at radius 1 is 0.900 bits per heavy atom. The van der Waals surface area contributed by atoms with Gasteiger partial charge >= 0.3 is 0 Å². The van der Waals surface area contributed by atoms with Gasteiger partial charge in [-0.2, -0.15) is 0 Å². The van der Waals surface area contributed by atoms with E-state index >= 15 is 0 Å². The predicted molar refractivity (Wildman–Crippen MR) is 69.2 cm³/mol. The quantitative estimate of drug-likeness (QED) is 0.833. The van der Waals surface area contributed by atoms with E-state index < -0.39 is 28.8 Å². The third kappa shape index (κ3) is 2.67. The number of benzene rings is 2. The molecule has 0 aliphatic rings. The number of halogens is 4. The molecule has 0 radical (unpaired) electrons. The van der Waals surface area contributed by atoms with Gasteiger partial charge in [-0.25, -0.2) is 17.6 Å². The van der Waals surface area contributed by atoms with Gasteiger partial charge in [0.25, 0.3) is 0 Å². The molecule has 0 saturated carbocycles. The molecule has 1 atom stereocenters. The smallest absolute Gasteiger partial charge is 0.136 e. The lowest BCUT2D eigenvalue weighted by atomic mass is 9.98. The van der Waals surface area contributed by atoms with Gasteiger partial charge < -0.3 is 5.32 Å². The maximum absolute atomic E-state index is 13.8. The highest BCUT2D eigenvalue weighted by Crippen LogP contribution is 2.31. The Morgan fingerprint density at radius 2 is 1.50 bits per heavy atom. The van der Waals surface area contributed by atoms with Crippen LogP contribution in [0.25, 0.3) is 11.1 Å². The van der Waals surface area contributed by atoms with E-state index in [1.54, 1.807) is 7.05 Å². The van der Waals surface area contributed by atoms with Crippen molar-refractivity contribution in [1.29, 1.82) is 0 Å². The lowest BCUT2D eigenvalue weighted by Gasteiger charge is -2.14. The number of hydrogen-bond acceptors (Lipinski definition) is 1. The zero-order valence-corrected chi connectivity index (χ0v) is 11.0. The third-order valence-corrected chi connectivity index (χ3v) is 3.20. The Morgan fingerprint density at radius 3 is 2.05 bits per heavy atom. The minimum absolute atomic E-state index is 0.110. The molecule has 1 unspecified atom stereocenters. The maximum Gasteiger partial charge on any atom is 0.136 e. The van der Waals surface area contributed by atoms with Crippen LogP contribution < -0.4 is 5.32 Å². The van der Waals surface area contributed by atoms with Gasteiger partial charge in [0.1, 0.15) is 23.3 Å². The Hall–Kier alpha value is -1.88. The largest absolute Gasteiger partial charge is 0.313 e. The van der Waals surface area contributed by atoms with Crippen LogP contribution in [0.3, 0.4) is 0 Å². The van der Waals surface area contributed by atoms with E-state index in [9.17, 15) is 17.6 Å². The van der Waals surface area contributed by atoms with Gasteiger partial charge in [-0.3, -0.25) is 0 Å². The zero-order valence-electron chi connectivity index (χ0n) is 11.0. The molecule has 2 aromatic rings. The molecule has 0 aliphatic heterocycles. The average Bonchev–Trinajstić information content (AvgIpc) is 2.38. The minimum Gasteiger partial charge on any atom is -0.313 e. The van der Waals surface area contributed by atoms with Crippen molar-refractivity contribution >= 4 is 0 Å². The van der Waals surface area contributed by atoms with Crippen molar-refractivity contribution in [3.8, 4) is 11.1 Å². The molecule has 1 N–H and O–H groups in total. The second kappa shape index (κ2) is 5.63. The molecular formula is C15H13F4N. The molecule has 0 spiro atoms. The monoisotopic (exact) mass is 283 g/mol. The van der Waals surface area contributed by atoms with Gasteiger partial charge in [0.05, 0.1) is 5.56 Å². The molecule has 2 rings (SSSR count). The van der Waals surface area contributed by atoms with Crippen molar-refractivity contribution in [2.45, 2.75) is 13.0 Å². The minimum atomic E-state index is -1.13. The first-order valence-corrected chi connectivity index (χ1v) is 6.05. The topological polar surface area (TPSA) is 12.0 Å². The summed E-state index contributed by atoms with van der Waals surface area (Å²) in [5.74, 6) is -4.06. The molecule has 106 valence electrons. The molecule has 20 heavy (non-hydrogen) atoms. The normalized spacial score (nSPS) is 12.5. The summed E-state index contributed by atoms with van der Waals surface area (Å²) >= 11 is 0. The number of hydrogen-bond donors (Lipinski definition) is 1. The van der Waals surface area contributed by atoms with E-state index in [-0.39, 0.29) is 11.6 Å².